The van der Waals surface area contributed by atoms with Crippen LogP contribution >= 0.6 is 11.6 Å². The first-order valence-corrected chi connectivity index (χ1v) is 7.82. The van der Waals surface area contributed by atoms with Crippen molar-refractivity contribution in [2.45, 2.75) is 30.5 Å². The summed E-state index contributed by atoms with van der Waals surface area (Å²) in [5.74, 6) is 0. The molecule has 4 nitrogen and oxygen atoms in total. The van der Waals surface area contributed by atoms with Crippen LogP contribution in [-0.4, -0.2) is 28.2 Å². The highest BCUT2D eigenvalue weighted by molar-refractivity contribution is 7.86. The molecule has 0 aromatic heterocycles. The number of alkyl halides is 1. The van der Waals surface area contributed by atoms with Crippen LogP contribution in [0.2, 0.25) is 0 Å². The maximum absolute atomic E-state index is 11.8. The van der Waals surface area contributed by atoms with Crippen molar-refractivity contribution in [2.24, 2.45) is 0 Å². The summed E-state index contributed by atoms with van der Waals surface area (Å²) in [6.07, 6.45) is 0. The molecule has 0 radical (unpaired) electrons. The van der Waals surface area contributed by atoms with Gasteiger partial charge in [-0.25, -0.2) is 0 Å². The van der Waals surface area contributed by atoms with E-state index < -0.39 is 15.0 Å². The molecule has 19 heavy (non-hydrogen) atoms. The van der Waals surface area contributed by atoms with E-state index in [4.69, 9.17) is 20.5 Å². The lowest BCUT2D eigenvalue weighted by Gasteiger charge is -2.16. The largest absolute Gasteiger partial charge is 0.379 e. The van der Waals surface area contributed by atoms with Crippen molar-refractivity contribution in [1.29, 1.82) is 0 Å². The van der Waals surface area contributed by atoms with E-state index in [1.165, 1.54) is 12.1 Å². The number of hydrogen-bond donors (Lipinski definition) is 0. The van der Waals surface area contributed by atoms with Crippen LogP contribution in [0.1, 0.15) is 26.3 Å². The molecule has 0 saturated heterocycles. The molecule has 1 aromatic rings. The second kappa shape index (κ2) is 6.70. The van der Waals surface area contributed by atoms with Gasteiger partial charge in [-0.15, -0.1) is 11.6 Å². The Kier molecular flexibility index (Phi) is 5.80. The monoisotopic (exact) mass is 306 g/mol. The Labute approximate surface area is 119 Å². The summed E-state index contributed by atoms with van der Waals surface area (Å²) in [7, 11) is -3.73. The van der Waals surface area contributed by atoms with Crippen molar-refractivity contribution in [3.63, 3.8) is 0 Å². The molecule has 1 rings (SSSR count). The second-order valence-corrected chi connectivity index (χ2v) is 7.03. The molecule has 0 bridgehead atoms. The minimum Gasteiger partial charge on any atom is -0.379 e. The molecule has 0 aliphatic heterocycles. The van der Waals surface area contributed by atoms with Gasteiger partial charge in [0, 0.05) is 6.61 Å². The Morgan fingerprint density at radius 2 is 1.74 bits per heavy atom. The molecule has 6 heteroatoms. The predicted octanol–water partition coefficient (Wildman–Crippen LogP) is 2.90. The molecule has 0 unspecified atom stereocenters. The SMILES string of the molecule is CCOCCOS(=O)(=O)c1ccc(C(C)(C)Cl)cc1. The fraction of sp³-hybridized carbons (Fsp3) is 0.538. The molecule has 0 heterocycles. The van der Waals surface area contributed by atoms with E-state index in [1.54, 1.807) is 12.1 Å². The van der Waals surface area contributed by atoms with Crippen LogP contribution in [-0.2, 0) is 23.9 Å². The third-order valence-electron chi connectivity index (χ3n) is 2.50. The summed E-state index contributed by atoms with van der Waals surface area (Å²) in [5.41, 5.74) is 0.849. The zero-order valence-corrected chi connectivity index (χ0v) is 12.9. The van der Waals surface area contributed by atoms with Crippen molar-refractivity contribution >= 4 is 21.7 Å². The van der Waals surface area contributed by atoms with Crippen molar-refractivity contribution in [1.82, 2.24) is 0 Å². The van der Waals surface area contributed by atoms with Crippen LogP contribution in [0.3, 0.4) is 0 Å². The van der Waals surface area contributed by atoms with Gasteiger partial charge in [0.2, 0.25) is 0 Å². The van der Waals surface area contributed by atoms with Crippen molar-refractivity contribution in [3.8, 4) is 0 Å². The number of benzene rings is 1. The highest BCUT2D eigenvalue weighted by Crippen LogP contribution is 2.28. The predicted molar refractivity (Wildman–Crippen MR) is 75.0 cm³/mol. The van der Waals surface area contributed by atoms with Gasteiger partial charge >= 0.3 is 0 Å². The minimum atomic E-state index is -3.73. The van der Waals surface area contributed by atoms with Gasteiger partial charge in [-0.05, 0) is 38.5 Å². The van der Waals surface area contributed by atoms with Gasteiger partial charge in [-0.3, -0.25) is 4.18 Å². The Bertz CT molecular complexity index is 488. The fourth-order valence-electron chi connectivity index (χ4n) is 1.43. The summed E-state index contributed by atoms with van der Waals surface area (Å²) < 4.78 is 33.6. The molecule has 0 amide bonds. The third-order valence-corrected chi connectivity index (χ3v) is 4.04. The van der Waals surface area contributed by atoms with Gasteiger partial charge in [0.15, 0.2) is 0 Å². The number of rotatable bonds is 7. The molecule has 0 atom stereocenters. The maximum Gasteiger partial charge on any atom is 0.297 e. The standard InChI is InChI=1S/C13H19ClO4S/c1-4-17-9-10-18-19(15,16)12-7-5-11(6-8-12)13(2,3)14/h5-8H,4,9-10H2,1-3H3. The summed E-state index contributed by atoms with van der Waals surface area (Å²) in [4.78, 5) is -0.411. The van der Waals surface area contributed by atoms with E-state index in [9.17, 15) is 8.42 Å². The van der Waals surface area contributed by atoms with E-state index in [-0.39, 0.29) is 18.1 Å². The number of ether oxygens (including phenoxy) is 1. The maximum atomic E-state index is 11.8. The first kappa shape index (κ1) is 16.4. The molecule has 0 aliphatic rings. The van der Waals surface area contributed by atoms with Crippen LogP contribution in [0.15, 0.2) is 29.2 Å². The number of hydrogen-bond acceptors (Lipinski definition) is 4. The zero-order chi connectivity index (χ0) is 14.5. The Balaban J connectivity index is 2.74. The molecule has 0 aliphatic carbocycles. The average molecular weight is 307 g/mol. The van der Waals surface area contributed by atoms with Gasteiger partial charge in [0.1, 0.15) is 0 Å². The second-order valence-electron chi connectivity index (χ2n) is 4.47. The molecule has 0 saturated carbocycles. The smallest absolute Gasteiger partial charge is 0.297 e. The Hall–Kier alpha value is -0.620. The van der Waals surface area contributed by atoms with E-state index in [0.717, 1.165) is 5.56 Å². The van der Waals surface area contributed by atoms with E-state index >= 15 is 0 Å². The lowest BCUT2D eigenvalue weighted by Crippen LogP contribution is -2.12. The lowest BCUT2D eigenvalue weighted by atomic mass is 10.0. The van der Waals surface area contributed by atoms with Gasteiger partial charge in [0.25, 0.3) is 10.1 Å². The van der Waals surface area contributed by atoms with Crippen LogP contribution in [0.5, 0.6) is 0 Å². The zero-order valence-electron chi connectivity index (χ0n) is 11.3. The van der Waals surface area contributed by atoms with Crippen LogP contribution in [0, 0.1) is 0 Å². The summed E-state index contributed by atoms with van der Waals surface area (Å²) in [6.45, 7) is 6.32. The molecule has 0 fully saturated rings. The summed E-state index contributed by atoms with van der Waals surface area (Å²) in [5, 5.41) is 0. The average Bonchev–Trinajstić information content (AvgIpc) is 2.34. The fourth-order valence-corrected chi connectivity index (χ4v) is 2.45. The lowest BCUT2D eigenvalue weighted by molar-refractivity contribution is 0.112. The topological polar surface area (TPSA) is 52.6 Å². The molecule has 0 spiro atoms. The molecule has 0 N–H and O–H groups in total. The van der Waals surface area contributed by atoms with E-state index in [2.05, 4.69) is 0 Å². The first-order chi connectivity index (χ1) is 8.77. The van der Waals surface area contributed by atoms with Crippen molar-refractivity contribution < 1.29 is 17.3 Å². The van der Waals surface area contributed by atoms with Gasteiger partial charge in [-0.1, -0.05) is 12.1 Å². The minimum absolute atomic E-state index is 0.0128. The van der Waals surface area contributed by atoms with E-state index in [0.29, 0.717) is 6.61 Å². The Morgan fingerprint density at radius 3 is 2.21 bits per heavy atom. The van der Waals surface area contributed by atoms with Gasteiger partial charge in [0.05, 0.1) is 23.0 Å². The van der Waals surface area contributed by atoms with Crippen LogP contribution in [0.4, 0.5) is 0 Å². The summed E-state index contributed by atoms with van der Waals surface area (Å²) >= 11 is 6.15. The Morgan fingerprint density at radius 1 is 1.16 bits per heavy atom. The quantitative estimate of drug-likeness (QED) is 0.441. The van der Waals surface area contributed by atoms with Gasteiger partial charge in [-0.2, -0.15) is 8.42 Å². The molecule has 1 aromatic carbocycles. The first-order valence-electron chi connectivity index (χ1n) is 6.04. The molecular weight excluding hydrogens is 288 g/mol. The number of halogens is 1. The van der Waals surface area contributed by atoms with E-state index in [1.807, 2.05) is 20.8 Å². The third kappa shape index (κ3) is 5.10. The highest BCUT2D eigenvalue weighted by atomic mass is 35.5. The molecular formula is C13H19ClO4S. The molecule has 108 valence electrons. The van der Waals surface area contributed by atoms with Crippen molar-refractivity contribution in [3.05, 3.63) is 29.8 Å². The van der Waals surface area contributed by atoms with Gasteiger partial charge < -0.3 is 4.74 Å². The summed E-state index contributed by atoms with van der Waals surface area (Å²) in [6, 6.07) is 6.36. The van der Waals surface area contributed by atoms with Crippen LogP contribution < -0.4 is 0 Å². The highest BCUT2D eigenvalue weighted by Gasteiger charge is 2.19. The van der Waals surface area contributed by atoms with Crippen LogP contribution in [0.25, 0.3) is 0 Å². The van der Waals surface area contributed by atoms with Crippen molar-refractivity contribution in [2.75, 3.05) is 19.8 Å². The normalized spacial score (nSPS) is 12.6.